The van der Waals surface area contributed by atoms with Crippen LogP contribution in [0.3, 0.4) is 0 Å². The number of hydrogen-bond donors (Lipinski definition) is 1. The van der Waals surface area contributed by atoms with Gasteiger partial charge in [0.15, 0.2) is 0 Å². The van der Waals surface area contributed by atoms with Crippen LogP contribution >= 0.6 is 11.8 Å². The van der Waals surface area contributed by atoms with Crippen molar-refractivity contribution in [1.29, 1.82) is 0 Å². The Balaban J connectivity index is 1.51. The number of nitrogens with zero attached hydrogens (tertiary/aromatic N) is 2. The van der Waals surface area contributed by atoms with Crippen molar-refractivity contribution in [3.8, 4) is 0 Å². The first kappa shape index (κ1) is 19.6. The maximum Gasteiger partial charge on any atom is 0.338 e. The summed E-state index contributed by atoms with van der Waals surface area (Å²) in [7, 11) is 0. The van der Waals surface area contributed by atoms with Gasteiger partial charge >= 0.3 is 5.97 Å². The first-order valence-corrected chi connectivity index (χ1v) is 9.68. The fraction of sp³-hybridized carbons (Fsp3) is 0.200. The predicted octanol–water partition coefficient (Wildman–Crippen LogP) is 3.57. The molecule has 7 nitrogen and oxygen atoms in total. The maximum atomic E-state index is 12.2. The number of nitrogens with one attached hydrogen (secondary N) is 1. The monoisotopic (exact) mass is 397 g/mol. The molecule has 0 fully saturated rings. The van der Waals surface area contributed by atoms with Gasteiger partial charge in [-0.1, -0.05) is 48.2 Å². The molecule has 1 N–H and O–H groups in total. The maximum absolute atomic E-state index is 12.2. The van der Waals surface area contributed by atoms with Crippen molar-refractivity contribution in [2.45, 2.75) is 18.6 Å². The summed E-state index contributed by atoms with van der Waals surface area (Å²) < 4.78 is 10.5. The van der Waals surface area contributed by atoms with Gasteiger partial charge in [-0.3, -0.25) is 4.79 Å². The molecule has 1 aromatic heterocycles. The third-order valence-electron chi connectivity index (χ3n) is 3.63. The van der Waals surface area contributed by atoms with Crippen LogP contribution < -0.4 is 5.32 Å². The van der Waals surface area contributed by atoms with E-state index in [-0.39, 0.29) is 11.7 Å². The highest BCUT2D eigenvalue weighted by Gasteiger charge is 2.12. The molecule has 3 rings (SSSR count). The summed E-state index contributed by atoms with van der Waals surface area (Å²) in [6, 6.07) is 16.4. The van der Waals surface area contributed by atoms with Gasteiger partial charge in [-0.2, -0.15) is 0 Å². The molecule has 0 saturated heterocycles. The van der Waals surface area contributed by atoms with Crippen LogP contribution in [0.25, 0.3) is 0 Å². The number of esters is 1. The molecule has 0 aliphatic carbocycles. The molecule has 2 aromatic carbocycles. The smallest absolute Gasteiger partial charge is 0.338 e. The zero-order valence-corrected chi connectivity index (χ0v) is 16.1. The van der Waals surface area contributed by atoms with Crippen LogP contribution in [0.5, 0.6) is 0 Å². The number of carbonyl (C=O) groups excluding carboxylic acids is 2. The van der Waals surface area contributed by atoms with E-state index in [1.807, 2.05) is 30.3 Å². The van der Waals surface area contributed by atoms with Crippen LogP contribution in [0.15, 0.2) is 64.2 Å². The van der Waals surface area contributed by atoms with Gasteiger partial charge in [0.1, 0.15) is 0 Å². The summed E-state index contributed by atoms with van der Waals surface area (Å²) in [4.78, 5) is 23.9. The third-order valence-corrected chi connectivity index (χ3v) is 4.45. The molecular weight excluding hydrogens is 378 g/mol. The number of anilines is 1. The number of hydrogen-bond acceptors (Lipinski definition) is 7. The largest absolute Gasteiger partial charge is 0.462 e. The second-order valence-corrected chi connectivity index (χ2v) is 6.69. The number of benzene rings is 2. The van der Waals surface area contributed by atoms with E-state index >= 15 is 0 Å². The number of carbonyl (C=O) groups is 2. The fourth-order valence-corrected chi connectivity index (χ4v) is 2.98. The predicted molar refractivity (Wildman–Crippen MR) is 105 cm³/mol. The molecule has 0 aliphatic rings. The minimum atomic E-state index is -0.426. The zero-order valence-electron chi connectivity index (χ0n) is 15.3. The topological polar surface area (TPSA) is 94.3 Å². The van der Waals surface area contributed by atoms with Crippen molar-refractivity contribution in [2.75, 3.05) is 17.7 Å². The summed E-state index contributed by atoms with van der Waals surface area (Å²) in [5.74, 6) is -0.0637. The van der Waals surface area contributed by atoms with Crippen molar-refractivity contribution >= 4 is 29.3 Å². The lowest BCUT2D eigenvalue weighted by Gasteiger charge is -2.06. The Hall–Kier alpha value is -3.13. The molecular formula is C20H19N3O4S. The Morgan fingerprint density at radius 1 is 1.11 bits per heavy atom. The van der Waals surface area contributed by atoms with Crippen molar-refractivity contribution < 1.29 is 18.7 Å². The quantitative estimate of drug-likeness (QED) is 0.459. The van der Waals surface area contributed by atoms with Gasteiger partial charge in [-0.15, -0.1) is 10.2 Å². The van der Waals surface area contributed by atoms with E-state index in [0.717, 1.165) is 17.3 Å². The van der Waals surface area contributed by atoms with Crippen LogP contribution in [0.2, 0.25) is 0 Å². The van der Waals surface area contributed by atoms with Crippen LogP contribution in [0.1, 0.15) is 28.7 Å². The highest BCUT2D eigenvalue weighted by atomic mass is 32.2. The molecule has 0 spiro atoms. The third kappa shape index (κ3) is 5.68. The summed E-state index contributed by atoms with van der Waals surface area (Å²) >= 11 is 1.15. The number of ether oxygens (including phenoxy) is 1. The SMILES string of the molecule is CCOC(=O)c1cccc(NC(=O)CSc2nnc(Cc3ccccc3)o2)c1. The molecule has 0 saturated carbocycles. The molecule has 28 heavy (non-hydrogen) atoms. The van der Waals surface area contributed by atoms with Crippen LogP contribution in [-0.4, -0.2) is 34.4 Å². The first-order valence-electron chi connectivity index (χ1n) is 8.70. The average molecular weight is 397 g/mol. The molecule has 1 heterocycles. The highest BCUT2D eigenvalue weighted by molar-refractivity contribution is 7.99. The molecule has 1 amide bonds. The highest BCUT2D eigenvalue weighted by Crippen LogP contribution is 2.19. The van der Waals surface area contributed by atoms with Crippen LogP contribution in [0.4, 0.5) is 5.69 Å². The lowest BCUT2D eigenvalue weighted by atomic mass is 10.2. The summed E-state index contributed by atoms with van der Waals surface area (Å²) in [6.07, 6.45) is 0.543. The van der Waals surface area contributed by atoms with Crippen molar-refractivity contribution in [3.05, 3.63) is 71.6 Å². The standard InChI is InChI=1S/C20H19N3O4S/c1-2-26-19(25)15-9-6-10-16(12-15)21-17(24)13-28-20-23-22-18(27-20)11-14-7-4-3-5-8-14/h3-10,12H,2,11,13H2,1H3,(H,21,24). The van der Waals surface area contributed by atoms with Gasteiger partial charge in [0.2, 0.25) is 11.8 Å². The van der Waals surface area contributed by atoms with Gasteiger partial charge in [0, 0.05) is 5.69 Å². The Kier molecular flexibility index (Phi) is 6.80. The Bertz CT molecular complexity index is 943. The second kappa shape index (κ2) is 9.70. The molecule has 0 bridgehead atoms. The van der Waals surface area contributed by atoms with Gasteiger partial charge < -0.3 is 14.5 Å². The van der Waals surface area contributed by atoms with Crippen LogP contribution in [0, 0.1) is 0 Å². The number of thioether (sulfide) groups is 1. The second-order valence-electron chi connectivity index (χ2n) is 5.76. The number of amides is 1. The van der Waals surface area contributed by atoms with Crippen molar-refractivity contribution in [3.63, 3.8) is 0 Å². The lowest BCUT2D eigenvalue weighted by molar-refractivity contribution is -0.113. The van der Waals surface area contributed by atoms with Crippen molar-refractivity contribution in [2.24, 2.45) is 0 Å². The minimum Gasteiger partial charge on any atom is -0.462 e. The Labute approximate surface area is 166 Å². The number of rotatable bonds is 8. The zero-order chi connectivity index (χ0) is 19.8. The normalized spacial score (nSPS) is 10.5. The minimum absolute atomic E-state index is 0.108. The van der Waals surface area contributed by atoms with E-state index in [0.29, 0.717) is 35.4 Å². The molecule has 0 atom stereocenters. The first-order chi connectivity index (χ1) is 13.6. The number of aromatic nitrogens is 2. The summed E-state index contributed by atoms with van der Waals surface area (Å²) in [6.45, 7) is 2.03. The molecule has 0 radical (unpaired) electrons. The molecule has 8 heteroatoms. The summed E-state index contributed by atoms with van der Waals surface area (Å²) in [5.41, 5.74) is 1.98. The summed E-state index contributed by atoms with van der Waals surface area (Å²) in [5, 5.41) is 11.0. The average Bonchev–Trinajstić information content (AvgIpc) is 3.15. The van der Waals surface area contributed by atoms with E-state index < -0.39 is 5.97 Å². The van der Waals surface area contributed by atoms with E-state index in [1.165, 1.54) is 0 Å². The van der Waals surface area contributed by atoms with Gasteiger partial charge in [-0.25, -0.2) is 4.79 Å². The molecule has 3 aromatic rings. The van der Waals surface area contributed by atoms with Gasteiger partial charge in [0.25, 0.3) is 5.22 Å². The molecule has 144 valence electrons. The van der Waals surface area contributed by atoms with E-state index in [1.54, 1.807) is 31.2 Å². The Morgan fingerprint density at radius 3 is 2.71 bits per heavy atom. The molecule has 0 unspecified atom stereocenters. The van der Waals surface area contributed by atoms with Crippen LogP contribution in [-0.2, 0) is 16.0 Å². The Morgan fingerprint density at radius 2 is 1.93 bits per heavy atom. The van der Waals surface area contributed by atoms with E-state index in [9.17, 15) is 9.59 Å². The lowest BCUT2D eigenvalue weighted by Crippen LogP contribution is -2.14. The van der Waals surface area contributed by atoms with Gasteiger partial charge in [0.05, 0.1) is 24.3 Å². The van der Waals surface area contributed by atoms with E-state index in [4.69, 9.17) is 9.15 Å². The van der Waals surface area contributed by atoms with E-state index in [2.05, 4.69) is 15.5 Å². The van der Waals surface area contributed by atoms with Crippen molar-refractivity contribution in [1.82, 2.24) is 10.2 Å². The fourth-order valence-electron chi connectivity index (χ4n) is 2.40. The molecule has 0 aliphatic heterocycles. The van der Waals surface area contributed by atoms with Gasteiger partial charge in [-0.05, 0) is 30.7 Å².